The summed E-state index contributed by atoms with van der Waals surface area (Å²) < 4.78 is 14.5. The monoisotopic (exact) mass is 361 g/mol. The summed E-state index contributed by atoms with van der Waals surface area (Å²) in [7, 11) is 0. The minimum absolute atomic E-state index is 0.323. The van der Waals surface area contributed by atoms with Crippen molar-refractivity contribution >= 4 is 39.1 Å². The van der Waals surface area contributed by atoms with Gasteiger partial charge in [-0.05, 0) is 52.2 Å². The maximum absolute atomic E-state index is 13.7. The molecule has 0 saturated carbocycles. The molecule has 0 heterocycles. The van der Waals surface area contributed by atoms with Crippen molar-refractivity contribution in [1.29, 1.82) is 0 Å². The fourth-order valence-corrected chi connectivity index (χ4v) is 2.48. The zero-order valence-electron chi connectivity index (χ0n) is 9.84. The van der Waals surface area contributed by atoms with Crippen LogP contribution in [0.5, 0.6) is 0 Å². The maximum Gasteiger partial charge on any atom is 0.127 e. The fraction of sp³-hybridized carbons (Fsp3) is 0.143. The molecular weight excluding hydrogens is 352 g/mol. The zero-order chi connectivity index (χ0) is 14.0. The highest BCUT2D eigenvalue weighted by Crippen LogP contribution is 2.28. The van der Waals surface area contributed by atoms with E-state index in [1.165, 1.54) is 6.07 Å². The van der Waals surface area contributed by atoms with Crippen LogP contribution in [-0.4, -0.2) is 0 Å². The largest absolute Gasteiger partial charge is 0.324 e. The first-order valence-electron chi connectivity index (χ1n) is 5.62. The van der Waals surface area contributed by atoms with Gasteiger partial charge in [0.1, 0.15) is 5.82 Å². The predicted molar refractivity (Wildman–Crippen MR) is 81.2 cm³/mol. The van der Waals surface area contributed by atoms with Gasteiger partial charge in [0.05, 0.1) is 5.02 Å². The summed E-state index contributed by atoms with van der Waals surface area (Å²) in [6, 6.07) is 9.69. The molecule has 0 radical (unpaired) electrons. The lowest BCUT2D eigenvalue weighted by atomic mass is 9.99. The first-order chi connectivity index (χ1) is 8.99. The number of benzene rings is 2. The minimum atomic E-state index is -0.361. The minimum Gasteiger partial charge on any atom is -0.324 e. The first kappa shape index (κ1) is 14.8. The number of hydrogen-bond donors (Lipinski definition) is 1. The molecule has 19 heavy (non-hydrogen) atoms. The van der Waals surface area contributed by atoms with Gasteiger partial charge in [0.15, 0.2) is 0 Å². The molecule has 1 atom stereocenters. The Bertz CT molecular complexity index is 584. The van der Waals surface area contributed by atoms with Crippen LogP contribution in [0.3, 0.4) is 0 Å². The Kier molecular flexibility index (Phi) is 4.85. The average Bonchev–Trinajstić information content (AvgIpc) is 2.37. The van der Waals surface area contributed by atoms with E-state index in [4.69, 9.17) is 28.9 Å². The van der Waals surface area contributed by atoms with Crippen LogP contribution in [0.1, 0.15) is 17.2 Å². The maximum atomic E-state index is 13.7. The molecule has 0 aliphatic rings. The van der Waals surface area contributed by atoms with Crippen LogP contribution in [0, 0.1) is 5.82 Å². The second-order valence-electron chi connectivity index (χ2n) is 4.18. The molecule has 100 valence electrons. The van der Waals surface area contributed by atoms with Crippen molar-refractivity contribution < 1.29 is 4.39 Å². The number of halogens is 4. The molecule has 0 saturated heterocycles. The molecule has 0 aromatic heterocycles. The molecule has 0 aliphatic carbocycles. The third-order valence-electron chi connectivity index (χ3n) is 2.86. The van der Waals surface area contributed by atoms with E-state index < -0.39 is 0 Å². The molecule has 0 amide bonds. The molecule has 2 aromatic carbocycles. The fourth-order valence-electron chi connectivity index (χ4n) is 1.81. The lowest BCUT2D eigenvalue weighted by molar-refractivity contribution is 0.593. The third kappa shape index (κ3) is 3.48. The van der Waals surface area contributed by atoms with E-state index in [0.29, 0.717) is 22.0 Å². The number of hydrogen-bond acceptors (Lipinski definition) is 1. The standard InChI is InChI=1S/C14H11BrCl2FN/c15-10-5-4-8(6-12(10)17)14(19)7-9-11(16)2-1-3-13(9)18/h1-6,14H,7,19H2. The van der Waals surface area contributed by atoms with Crippen molar-refractivity contribution in [2.75, 3.05) is 0 Å². The Hall–Kier alpha value is -0.610. The summed E-state index contributed by atoms with van der Waals surface area (Å²) in [4.78, 5) is 0. The Morgan fingerprint density at radius 1 is 1.16 bits per heavy atom. The second kappa shape index (κ2) is 6.23. The predicted octanol–water partition coefficient (Wildman–Crippen LogP) is 5.14. The molecule has 2 N–H and O–H groups in total. The Morgan fingerprint density at radius 2 is 1.89 bits per heavy atom. The Morgan fingerprint density at radius 3 is 2.53 bits per heavy atom. The average molecular weight is 363 g/mol. The molecule has 1 nitrogen and oxygen atoms in total. The van der Waals surface area contributed by atoms with Crippen molar-refractivity contribution in [2.24, 2.45) is 5.73 Å². The van der Waals surface area contributed by atoms with Gasteiger partial charge < -0.3 is 5.73 Å². The molecule has 0 fully saturated rings. The Labute approximate surface area is 129 Å². The van der Waals surface area contributed by atoms with Gasteiger partial charge >= 0.3 is 0 Å². The van der Waals surface area contributed by atoms with Gasteiger partial charge in [-0.3, -0.25) is 0 Å². The van der Waals surface area contributed by atoms with Crippen LogP contribution in [0.2, 0.25) is 10.0 Å². The summed E-state index contributed by atoms with van der Waals surface area (Å²) in [5.74, 6) is -0.342. The van der Waals surface area contributed by atoms with Crippen LogP contribution in [0.25, 0.3) is 0 Å². The third-order valence-corrected chi connectivity index (χ3v) is 4.44. The molecule has 1 unspecified atom stereocenters. The van der Waals surface area contributed by atoms with Gasteiger partial charge in [-0.1, -0.05) is 35.3 Å². The van der Waals surface area contributed by atoms with E-state index in [1.807, 2.05) is 12.1 Å². The highest BCUT2D eigenvalue weighted by atomic mass is 79.9. The lowest BCUT2D eigenvalue weighted by Crippen LogP contribution is -2.14. The number of rotatable bonds is 3. The van der Waals surface area contributed by atoms with Crippen molar-refractivity contribution in [3.05, 3.63) is 67.9 Å². The van der Waals surface area contributed by atoms with E-state index >= 15 is 0 Å². The van der Waals surface area contributed by atoms with Gasteiger partial charge in [-0.2, -0.15) is 0 Å². The second-order valence-corrected chi connectivity index (χ2v) is 5.85. The van der Waals surface area contributed by atoms with Crippen molar-refractivity contribution in [3.63, 3.8) is 0 Å². The summed E-state index contributed by atoms with van der Waals surface area (Å²) in [5.41, 5.74) is 7.35. The summed E-state index contributed by atoms with van der Waals surface area (Å²) in [5, 5.41) is 0.964. The SMILES string of the molecule is NC(Cc1c(F)cccc1Cl)c1ccc(Br)c(Cl)c1. The summed E-state index contributed by atoms with van der Waals surface area (Å²) in [6.07, 6.45) is 0.323. The van der Waals surface area contributed by atoms with Crippen LogP contribution in [0.4, 0.5) is 4.39 Å². The van der Waals surface area contributed by atoms with Crippen LogP contribution in [-0.2, 0) is 6.42 Å². The van der Waals surface area contributed by atoms with E-state index in [2.05, 4.69) is 15.9 Å². The highest BCUT2D eigenvalue weighted by molar-refractivity contribution is 9.10. The van der Waals surface area contributed by atoms with Crippen molar-refractivity contribution in [1.82, 2.24) is 0 Å². The summed E-state index contributed by atoms with van der Waals surface area (Å²) in [6.45, 7) is 0. The quantitative estimate of drug-likeness (QED) is 0.803. The van der Waals surface area contributed by atoms with Gasteiger partial charge in [-0.15, -0.1) is 0 Å². The van der Waals surface area contributed by atoms with E-state index in [9.17, 15) is 4.39 Å². The Balaban J connectivity index is 2.25. The van der Waals surface area contributed by atoms with Crippen molar-refractivity contribution in [2.45, 2.75) is 12.5 Å². The smallest absolute Gasteiger partial charge is 0.127 e. The summed E-state index contributed by atoms with van der Waals surface area (Å²) >= 11 is 15.3. The highest BCUT2D eigenvalue weighted by Gasteiger charge is 2.14. The first-order valence-corrected chi connectivity index (χ1v) is 7.17. The topological polar surface area (TPSA) is 26.0 Å². The zero-order valence-corrected chi connectivity index (χ0v) is 12.9. The van der Waals surface area contributed by atoms with Gasteiger partial charge in [0.25, 0.3) is 0 Å². The van der Waals surface area contributed by atoms with Gasteiger partial charge in [0.2, 0.25) is 0 Å². The molecule has 5 heteroatoms. The van der Waals surface area contributed by atoms with Crippen LogP contribution < -0.4 is 5.73 Å². The van der Waals surface area contributed by atoms with E-state index in [1.54, 1.807) is 18.2 Å². The van der Waals surface area contributed by atoms with E-state index in [0.717, 1.165) is 10.0 Å². The van der Waals surface area contributed by atoms with E-state index in [-0.39, 0.29) is 11.9 Å². The molecule has 2 aromatic rings. The molecular formula is C14H11BrCl2FN. The molecule has 0 spiro atoms. The van der Waals surface area contributed by atoms with Gasteiger partial charge in [-0.25, -0.2) is 4.39 Å². The van der Waals surface area contributed by atoms with Crippen molar-refractivity contribution in [3.8, 4) is 0 Å². The van der Waals surface area contributed by atoms with Crippen LogP contribution in [0.15, 0.2) is 40.9 Å². The number of nitrogens with two attached hydrogens (primary N) is 1. The normalized spacial score (nSPS) is 12.5. The van der Waals surface area contributed by atoms with Crippen LogP contribution >= 0.6 is 39.1 Å². The molecule has 0 bridgehead atoms. The lowest BCUT2D eigenvalue weighted by Gasteiger charge is -2.14. The molecule has 0 aliphatic heterocycles. The van der Waals surface area contributed by atoms with Gasteiger partial charge in [0, 0.05) is 21.1 Å². The molecule has 2 rings (SSSR count).